The highest BCUT2D eigenvalue weighted by Crippen LogP contribution is 2.16. The van der Waals surface area contributed by atoms with Gasteiger partial charge >= 0.3 is 17.9 Å². The minimum atomic E-state index is -4.46. The molecule has 68 valence electrons. The van der Waals surface area contributed by atoms with Crippen LogP contribution in [0.5, 0.6) is 5.95 Å². The topological polar surface area (TPSA) is 52.6 Å². The summed E-state index contributed by atoms with van der Waals surface area (Å²) in [5.74, 6) is -1.69. The molecule has 0 saturated heterocycles. The molecule has 1 heterocycles. The van der Waals surface area contributed by atoms with Crippen molar-refractivity contribution in [2.24, 2.45) is 0 Å². The van der Waals surface area contributed by atoms with Crippen LogP contribution in [-0.2, 0) is 0 Å². The van der Waals surface area contributed by atoms with E-state index in [9.17, 15) is 18.0 Å². The molecule has 0 amide bonds. The van der Waals surface area contributed by atoms with Gasteiger partial charge < -0.3 is 13.6 Å². The Morgan fingerprint density at radius 1 is 1.50 bits per heavy atom. The smallest absolute Gasteiger partial charge is 0.453 e. The van der Waals surface area contributed by atoms with Crippen molar-refractivity contribution in [2.45, 2.75) is 6.18 Å². The Bertz CT molecular complexity index is 296. The lowest BCUT2D eigenvalue weighted by atomic mass is 10.7. The molecule has 0 aromatic carbocycles. The van der Waals surface area contributed by atoms with Crippen molar-refractivity contribution in [3.8, 4) is 5.95 Å². The first kappa shape index (κ1) is 8.69. The Morgan fingerprint density at radius 2 is 2.17 bits per heavy atom. The molecule has 0 aliphatic rings. The third kappa shape index (κ3) is 2.69. The van der Waals surface area contributed by atoms with Crippen molar-refractivity contribution in [2.75, 3.05) is 6.61 Å². The molecule has 0 atom stereocenters. The standard InChI is InChI=1S/C5H3F3O4/c6-5(7,8)2-11-3-1-10-4(9)12-3/h1H,2H2. The lowest BCUT2D eigenvalue weighted by molar-refractivity contribution is -0.156. The maximum atomic E-state index is 11.5. The second kappa shape index (κ2) is 2.92. The molecule has 1 aromatic heterocycles. The molecule has 0 unspecified atom stereocenters. The van der Waals surface area contributed by atoms with E-state index in [2.05, 4.69) is 13.6 Å². The summed E-state index contributed by atoms with van der Waals surface area (Å²) in [4.78, 5) is 10.1. The van der Waals surface area contributed by atoms with Gasteiger partial charge in [-0.05, 0) is 0 Å². The van der Waals surface area contributed by atoms with E-state index in [1.54, 1.807) is 0 Å². The van der Waals surface area contributed by atoms with Gasteiger partial charge in [0.2, 0.25) is 0 Å². The van der Waals surface area contributed by atoms with Crippen molar-refractivity contribution in [1.82, 2.24) is 0 Å². The molecule has 7 heteroatoms. The van der Waals surface area contributed by atoms with E-state index < -0.39 is 24.6 Å². The summed E-state index contributed by atoms with van der Waals surface area (Å²) in [5.41, 5.74) is 0. The van der Waals surface area contributed by atoms with Crippen LogP contribution in [0.1, 0.15) is 0 Å². The van der Waals surface area contributed by atoms with Crippen molar-refractivity contribution < 1.29 is 26.7 Å². The molecule has 1 rings (SSSR count). The predicted octanol–water partition coefficient (Wildman–Crippen LogP) is 1.17. The number of hydrogen-bond donors (Lipinski definition) is 0. The number of ether oxygens (including phenoxy) is 1. The van der Waals surface area contributed by atoms with Gasteiger partial charge in [-0.3, -0.25) is 0 Å². The molecule has 1 aromatic rings. The van der Waals surface area contributed by atoms with Crippen molar-refractivity contribution in [1.29, 1.82) is 0 Å². The summed E-state index contributed by atoms with van der Waals surface area (Å²) >= 11 is 0. The number of rotatable bonds is 2. The van der Waals surface area contributed by atoms with Gasteiger partial charge in [-0.25, -0.2) is 4.79 Å². The normalized spacial score (nSPS) is 11.6. The van der Waals surface area contributed by atoms with Crippen LogP contribution in [0.25, 0.3) is 0 Å². The van der Waals surface area contributed by atoms with Gasteiger partial charge in [-0.15, -0.1) is 0 Å². The summed E-state index contributed by atoms with van der Waals surface area (Å²) in [6.07, 6.45) is -3.80. The summed E-state index contributed by atoms with van der Waals surface area (Å²) in [6.45, 7) is -1.52. The Labute approximate surface area is 63.5 Å². The molecule has 4 nitrogen and oxygen atoms in total. The van der Waals surface area contributed by atoms with E-state index >= 15 is 0 Å². The molecular weight excluding hydrogens is 181 g/mol. The predicted molar refractivity (Wildman–Crippen MR) is 28.8 cm³/mol. The van der Waals surface area contributed by atoms with E-state index in [0.29, 0.717) is 6.26 Å². The highest BCUT2D eigenvalue weighted by Gasteiger charge is 2.29. The number of hydrogen-bond acceptors (Lipinski definition) is 4. The SMILES string of the molecule is O=c1occ(OCC(F)(F)F)o1. The molecule has 0 N–H and O–H groups in total. The zero-order valence-corrected chi connectivity index (χ0v) is 5.55. The van der Waals surface area contributed by atoms with E-state index in [4.69, 9.17) is 0 Å². The quantitative estimate of drug-likeness (QED) is 0.692. The zero-order chi connectivity index (χ0) is 9.19. The van der Waals surface area contributed by atoms with Crippen molar-refractivity contribution in [3.63, 3.8) is 0 Å². The van der Waals surface area contributed by atoms with Gasteiger partial charge in [-0.2, -0.15) is 13.2 Å². The van der Waals surface area contributed by atoms with Crippen molar-refractivity contribution >= 4 is 0 Å². The fraction of sp³-hybridized carbons (Fsp3) is 0.400. The summed E-state index contributed by atoms with van der Waals surface area (Å²) in [7, 11) is 0. The first-order chi connectivity index (χ1) is 5.47. The van der Waals surface area contributed by atoms with Gasteiger partial charge in [-0.1, -0.05) is 0 Å². The van der Waals surface area contributed by atoms with Crippen LogP contribution in [0.2, 0.25) is 0 Å². The average Bonchev–Trinajstić information content (AvgIpc) is 2.30. The molecule has 0 fully saturated rings. The van der Waals surface area contributed by atoms with Gasteiger partial charge in [0.15, 0.2) is 12.9 Å². The second-order valence-electron chi connectivity index (χ2n) is 1.81. The van der Waals surface area contributed by atoms with E-state index in [1.165, 1.54) is 0 Å². The van der Waals surface area contributed by atoms with Crippen LogP contribution in [0.3, 0.4) is 0 Å². The Morgan fingerprint density at radius 3 is 2.58 bits per heavy atom. The van der Waals surface area contributed by atoms with Crippen molar-refractivity contribution in [3.05, 3.63) is 16.9 Å². The van der Waals surface area contributed by atoms with Crippen LogP contribution in [-0.4, -0.2) is 12.8 Å². The van der Waals surface area contributed by atoms with Gasteiger partial charge in [0.25, 0.3) is 0 Å². The summed E-state index contributed by atoms with van der Waals surface area (Å²) in [6, 6.07) is 0. The van der Waals surface area contributed by atoms with Crippen LogP contribution in [0.15, 0.2) is 19.9 Å². The monoisotopic (exact) mass is 184 g/mol. The lowest BCUT2D eigenvalue weighted by Crippen LogP contribution is -2.19. The van der Waals surface area contributed by atoms with Gasteiger partial charge in [0.1, 0.15) is 0 Å². The van der Waals surface area contributed by atoms with E-state index in [-0.39, 0.29) is 0 Å². The maximum absolute atomic E-state index is 11.5. The molecule has 0 spiro atoms. The van der Waals surface area contributed by atoms with Crippen LogP contribution >= 0.6 is 0 Å². The fourth-order valence-corrected chi connectivity index (χ4v) is 0.443. The van der Waals surface area contributed by atoms with Crippen LogP contribution in [0.4, 0.5) is 13.2 Å². The lowest BCUT2D eigenvalue weighted by Gasteiger charge is -2.04. The summed E-state index contributed by atoms with van der Waals surface area (Å²) in [5, 5.41) is 0. The van der Waals surface area contributed by atoms with E-state index in [1.807, 2.05) is 0 Å². The molecule has 0 bridgehead atoms. The Kier molecular flexibility index (Phi) is 2.11. The Balaban J connectivity index is 2.49. The third-order valence-electron chi connectivity index (χ3n) is 0.813. The molecule has 0 aliphatic carbocycles. The van der Waals surface area contributed by atoms with Crippen LogP contribution < -0.4 is 10.6 Å². The fourth-order valence-electron chi connectivity index (χ4n) is 0.443. The van der Waals surface area contributed by atoms with Gasteiger partial charge in [0.05, 0.1) is 0 Å². The minimum Gasteiger partial charge on any atom is -0.453 e. The maximum Gasteiger partial charge on any atom is 0.521 e. The number of alkyl halides is 3. The average molecular weight is 184 g/mol. The first-order valence-corrected chi connectivity index (χ1v) is 2.75. The van der Waals surface area contributed by atoms with Gasteiger partial charge in [0, 0.05) is 0 Å². The highest BCUT2D eigenvalue weighted by molar-refractivity contribution is 4.91. The number of halogens is 3. The zero-order valence-electron chi connectivity index (χ0n) is 5.55. The first-order valence-electron chi connectivity index (χ1n) is 2.75. The molecular formula is C5H3F3O4. The third-order valence-corrected chi connectivity index (χ3v) is 0.813. The summed E-state index contributed by atoms with van der Waals surface area (Å²) < 4.78 is 46.5. The van der Waals surface area contributed by atoms with E-state index in [0.717, 1.165) is 0 Å². The minimum absolute atomic E-state index is 0.586. The molecule has 0 saturated carbocycles. The van der Waals surface area contributed by atoms with Crippen LogP contribution in [0, 0.1) is 0 Å². The second-order valence-corrected chi connectivity index (χ2v) is 1.81. The largest absolute Gasteiger partial charge is 0.521 e. The molecule has 0 radical (unpaired) electrons. The molecule has 12 heavy (non-hydrogen) atoms. The Hall–Kier alpha value is -1.40. The molecule has 0 aliphatic heterocycles. The highest BCUT2D eigenvalue weighted by atomic mass is 19.4.